The van der Waals surface area contributed by atoms with Crippen molar-refractivity contribution >= 4 is 19.8 Å². The maximum Gasteiger partial charge on any atom is 0.472 e. The van der Waals surface area contributed by atoms with Crippen LogP contribution in [0.3, 0.4) is 0 Å². The van der Waals surface area contributed by atoms with E-state index in [9.17, 15) is 19.0 Å². The summed E-state index contributed by atoms with van der Waals surface area (Å²) in [5.74, 6) is -0.828. The highest BCUT2D eigenvalue weighted by atomic mass is 31.2. The van der Waals surface area contributed by atoms with Crippen LogP contribution in [0.1, 0.15) is 213 Å². The van der Waals surface area contributed by atoms with Gasteiger partial charge in [-0.15, -0.1) is 0 Å². The van der Waals surface area contributed by atoms with Gasteiger partial charge in [-0.1, -0.05) is 174 Å². The number of phosphoric ester groups is 1. The van der Waals surface area contributed by atoms with Crippen molar-refractivity contribution in [1.29, 1.82) is 0 Å². The third-order valence-electron chi connectivity index (χ3n) is 9.40. The third kappa shape index (κ3) is 38.5. The van der Waals surface area contributed by atoms with Crippen LogP contribution in [0.15, 0.2) is 12.2 Å². The first kappa shape index (κ1) is 50.8. The highest BCUT2D eigenvalue weighted by Crippen LogP contribution is 2.43. The maximum atomic E-state index is 12.6. The molecular weight excluding hydrogens is 677 g/mol. The van der Waals surface area contributed by atoms with Crippen molar-refractivity contribution in [2.45, 2.75) is 219 Å². The lowest BCUT2D eigenvalue weighted by Crippen LogP contribution is -2.29. The molecule has 52 heavy (non-hydrogen) atoms. The van der Waals surface area contributed by atoms with Gasteiger partial charge in [-0.2, -0.15) is 0 Å². The molecule has 0 radical (unpaired) electrons. The van der Waals surface area contributed by atoms with Gasteiger partial charge in [0.05, 0.1) is 13.2 Å². The predicted molar refractivity (Wildman–Crippen MR) is 215 cm³/mol. The first-order chi connectivity index (χ1) is 25.3. The molecule has 9 nitrogen and oxygen atoms in total. The largest absolute Gasteiger partial charge is 0.472 e. The second-order valence-corrected chi connectivity index (χ2v) is 16.0. The molecule has 10 heteroatoms. The molecule has 3 N–H and O–H groups in total. The molecule has 0 aliphatic rings. The summed E-state index contributed by atoms with van der Waals surface area (Å²) in [5.41, 5.74) is 5.34. The summed E-state index contributed by atoms with van der Waals surface area (Å²) in [6, 6.07) is 0. The molecule has 0 aliphatic heterocycles. The minimum absolute atomic E-state index is 0.0552. The number of hydrogen-bond donors (Lipinski definition) is 2. The van der Waals surface area contributed by atoms with E-state index in [1.165, 1.54) is 128 Å². The number of nitrogens with two attached hydrogens (primary N) is 1. The number of rotatable bonds is 41. The topological polar surface area (TPSA) is 134 Å². The van der Waals surface area contributed by atoms with Crippen LogP contribution < -0.4 is 5.73 Å². The molecule has 0 aromatic rings. The molecule has 0 amide bonds. The van der Waals surface area contributed by atoms with Gasteiger partial charge >= 0.3 is 19.8 Å². The molecule has 0 spiro atoms. The SMILES string of the molecule is CCCCCCC/C=C/CCCCCCCC(=O)OC[C@H](COP(=O)(O)OCCN)OC(=O)CCCCCCCCCCCCCCCCCCC. The van der Waals surface area contributed by atoms with E-state index in [2.05, 4.69) is 26.0 Å². The Morgan fingerprint density at radius 1 is 0.558 bits per heavy atom. The number of esters is 2. The molecule has 0 bridgehead atoms. The normalized spacial score (nSPS) is 13.4. The summed E-state index contributed by atoms with van der Waals surface area (Å²) >= 11 is 0. The van der Waals surface area contributed by atoms with Crippen molar-refractivity contribution in [3.8, 4) is 0 Å². The lowest BCUT2D eigenvalue weighted by atomic mass is 10.0. The zero-order chi connectivity index (χ0) is 38.2. The zero-order valence-corrected chi connectivity index (χ0v) is 34.7. The molecule has 0 saturated heterocycles. The van der Waals surface area contributed by atoms with Gasteiger partial charge in [0.25, 0.3) is 0 Å². The van der Waals surface area contributed by atoms with Crippen LogP contribution >= 0.6 is 7.82 Å². The Labute approximate surface area is 319 Å². The van der Waals surface area contributed by atoms with Gasteiger partial charge in [-0.05, 0) is 38.5 Å². The fourth-order valence-corrected chi connectivity index (χ4v) is 6.92. The monoisotopic (exact) mass is 760 g/mol. The molecule has 0 saturated carbocycles. The van der Waals surface area contributed by atoms with Gasteiger partial charge < -0.3 is 20.1 Å². The van der Waals surface area contributed by atoms with Crippen molar-refractivity contribution < 1.29 is 37.6 Å². The fraction of sp³-hybridized carbons (Fsp3) is 0.905. The first-order valence-electron chi connectivity index (χ1n) is 21.7. The number of phosphoric acid groups is 1. The summed E-state index contributed by atoms with van der Waals surface area (Å²) in [6.07, 6.45) is 39.5. The van der Waals surface area contributed by atoms with Gasteiger partial charge in [0, 0.05) is 19.4 Å². The van der Waals surface area contributed by atoms with Crippen molar-refractivity contribution in [2.24, 2.45) is 5.73 Å². The summed E-state index contributed by atoms with van der Waals surface area (Å²) in [6.45, 7) is 3.74. The van der Waals surface area contributed by atoms with Crippen LogP contribution in [0.5, 0.6) is 0 Å². The zero-order valence-electron chi connectivity index (χ0n) is 33.8. The molecule has 0 aromatic carbocycles. The Morgan fingerprint density at radius 3 is 1.37 bits per heavy atom. The van der Waals surface area contributed by atoms with Gasteiger partial charge in [-0.25, -0.2) is 4.57 Å². The number of ether oxygens (including phenoxy) is 2. The third-order valence-corrected chi connectivity index (χ3v) is 10.4. The fourth-order valence-electron chi connectivity index (χ4n) is 6.16. The quantitative estimate of drug-likeness (QED) is 0.0270. The van der Waals surface area contributed by atoms with Crippen LogP contribution in [0.25, 0.3) is 0 Å². The molecule has 1 unspecified atom stereocenters. The van der Waals surface area contributed by atoms with E-state index in [0.717, 1.165) is 51.4 Å². The van der Waals surface area contributed by atoms with E-state index in [-0.39, 0.29) is 38.6 Å². The van der Waals surface area contributed by atoms with E-state index in [4.69, 9.17) is 24.3 Å². The van der Waals surface area contributed by atoms with Crippen molar-refractivity contribution in [3.63, 3.8) is 0 Å². The van der Waals surface area contributed by atoms with E-state index in [0.29, 0.717) is 6.42 Å². The number of carbonyl (C=O) groups excluding carboxylic acids is 2. The van der Waals surface area contributed by atoms with Gasteiger partial charge in [0.1, 0.15) is 6.61 Å². The average molecular weight is 760 g/mol. The maximum absolute atomic E-state index is 12.6. The first-order valence-corrected chi connectivity index (χ1v) is 23.2. The van der Waals surface area contributed by atoms with Crippen molar-refractivity contribution in [2.75, 3.05) is 26.4 Å². The molecule has 308 valence electrons. The Hall–Kier alpha value is -1.25. The molecular formula is C42H82NO8P. The highest BCUT2D eigenvalue weighted by molar-refractivity contribution is 7.47. The average Bonchev–Trinajstić information content (AvgIpc) is 3.13. The molecule has 2 atom stereocenters. The highest BCUT2D eigenvalue weighted by Gasteiger charge is 2.26. The van der Waals surface area contributed by atoms with E-state index < -0.39 is 26.5 Å². The Balaban J connectivity index is 4.13. The van der Waals surface area contributed by atoms with Crippen LogP contribution in [0, 0.1) is 0 Å². The number of allylic oxidation sites excluding steroid dienone is 2. The van der Waals surface area contributed by atoms with E-state index in [1.807, 2.05) is 0 Å². The Bertz CT molecular complexity index is 871. The number of hydrogen-bond acceptors (Lipinski definition) is 8. The minimum Gasteiger partial charge on any atom is -0.462 e. The molecule has 0 aliphatic carbocycles. The van der Waals surface area contributed by atoms with Crippen molar-refractivity contribution in [3.05, 3.63) is 12.2 Å². The lowest BCUT2D eigenvalue weighted by Gasteiger charge is -2.19. The van der Waals surface area contributed by atoms with Crippen molar-refractivity contribution in [1.82, 2.24) is 0 Å². The minimum atomic E-state index is -4.37. The second-order valence-electron chi connectivity index (χ2n) is 14.6. The summed E-state index contributed by atoms with van der Waals surface area (Å²) in [4.78, 5) is 34.8. The summed E-state index contributed by atoms with van der Waals surface area (Å²) in [7, 11) is -4.37. The van der Waals surface area contributed by atoms with Crippen LogP contribution in [-0.2, 0) is 32.7 Å². The van der Waals surface area contributed by atoms with Crippen LogP contribution in [-0.4, -0.2) is 49.3 Å². The van der Waals surface area contributed by atoms with Crippen LogP contribution in [0.2, 0.25) is 0 Å². The lowest BCUT2D eigenvalue weighted by molar-refractivity contribution is -0.161. The van der Waals surface area contributed by atoms with Crippen LogP contribution in [0.4, 0.5) is 0 Å². The standard InChI is InChI=1S/C42H82NO8P/c1-3-5-7-9-11-13-15-17-19-20-21-23-25-27-29-31-33-35-42(45)51-40(39-50-52(46,47)49-37-36-43)38-48-41(44)34-32-30-28-26-24-22-18-16-14-12-10-8-6-4-2/h16,18,40H,3-15,17,19-39,43H2,1-2H3,(H,46,47)/b18-16+/t40-/m1/s1. The number of carbonyl (C=O) groups is 2. The Morgan fingerprint density at radius 2 is 0.942 bits per heavy atom. The molecule has 0 heterocycles. The molecule has 0 rings (SSSR count). The summed E-state index contributed by atoms with van der Waals surface area (Å²) in [5, 5.41) is 0. The predicted octanol–water partition coefficient (Wildman–Crippen LogP) is 12.2. The van der Waals surface area contributed by atoms with E-state index >= 15 is 0 Å². The Kier molecular flexibility index (Phi) is 38.5. The summed E-state index contributed by atoms with van der Waals surface area (Å²) < 4.78 is 32.8. The smallest absolute Gasteiger partial charge is 0.462 e. The molecule has 0 fully saturated rings. The van der Waals surface area contributed by atoms with Gasteiger partial charge in [0.2, 0.25) is 0 Å². The van der Waals surface area contributed by atoms with Gasteiger partial charge in [0.15, 0.2) is 6.10 Å². The second kappa shape index (κ2) is 39.4. The van der Waals surface area contributed by atoms with Gasteiger partial charge in [-0.3, -0.25) is 18.6 Å². The number of unbranched alkanes of at least 4 members (excludes halogenated alkanes) is 26. The molecule has 0 aromatic heterocycles. The van der Waals surface area contributed by atoms with E-state index in [1.54, 1.807) is 0 Å².